The van der Waals surface area contributed by atoms with Crippen LogP contribution < -0.4 is 5.14 Å². The second kappa shape index (κ2) is 4.91. The molecule has 0 aliphatic heterocycles. The van der Waals surface area contributed by atoms with Crippen molar-refractivity contribution in [2.75, 3.05) is 0 Å². The average Bonchev–Trinajstić information content (AvgIpc) is 2.90. The molecule has 0 saturated heterocycles. The summed E-state index contributed by atoms with van der Waals surface area (Å²) in [6, 6.07) is 14.5. The van der Waals surface area contributed by atoms with E-state index in [2.05, 4.69) is 18.8 Å². The van der Waals surface area contributed by atoms with Crippen molar-refractivity contribution < 1.29 is 12.8 Å². The molecule has 0 unspecified atom stereocenters. The van der Waals surface area contributed by atoms with Crippen LogP contribution in [0.5, 0.6) is 0 Å². The Bertz CT molecular complexity index is 987. The number of para-hydroxylation sites is 2. The number of rotatable bonds is 3. The molecule has 1 heterocycles. The lowest BCUT2D eigenvalue weighted by molar-refractivity contribution is 0.493. The van der Waals surface area contributed by atoms with E-state index in [9.17, 15) is 8.42 Å². The summed E-state index contributed by atoms with van der Waals surface area (Å²) in [5.41, 5.74) is 2.72. The van der Waals surface area contributed by atoms with E-state index in [-0.39, 0.29) is 22.1 Å². The van der Waals surface area contributed by atoms with Gasteiger partial charge in [-0.2, -0.15) is 0 Å². The zero-order valence-corrected chi connectivity index (χ0v) is 14.2. The summed E-state index contributed by atoms with van der Waals surface area (Å²) in [6.07, 6.45) is 0. The van der Waals surface area contributed by atoms with Crippen molar-refractivity contribution >= 4 is 21.1 Å². The molecule has 6 heteroatoms. The molecule has 5 nitrogen and oxygen atoms in total. The van der Waals surface area contributed by atoms with E-state index >= 15 is 0 Å². The molecule has 0 amide bonds. The van der Waals surface area contributed by atoms with Gasteiger partial charge >= 0.3 is 0 Å². The number of aromatic nitrogens is 1. The highest BCUT2D eigenvalue weighted by atomic mass is 32.2. The van der Waals surface area contributed by atoms with Gasteiger partial charge in [0.05, 0.1) is 4.90 Å². The van der Waals surface area contributed by atoms with Crippen molar-refractivity contribution in [1.29, 1.82) is 0 Å². The van der Waals surface area contributed by atoms with Crippen LogP contribution in [0.3, 0.4) is 0 Å². The summed E-state index contributed by atoms with van der Waals surface area (Å²) in [5, 5.41) is 5.16. The first-order valence-corrected chi connectivity index (χ1v) is 9.31. The van der Waals surface area contributed by atoms with Crippen molar-refractivity contribution in [3.05, 3.63) is 60.0 Å². The second-order valence-corrected chi connectivity index (χ2v) is 8.47. The first-order chi connectivity index (χ1) is 11.3. The van der Waals surface area contributed by atoms with E-state index in [0.717, 1.165) is 22.6 Å². The zero-order valence-electron chi connectivity index (χ0n) is 13.4. The fourth-order valence-corrected chi connectivity index (χ4v) is 4.12. The van der Waals surface area contributed by atoms with Gasteiger partial charge < -0.3 is 4.42 Å². The highest BCUT2D eigenvalue weighted by Crippen LogP contribution is 2.69. The summed E-state index contributed by atoms with van der Waals surface area (Å²) in [6.45, 7) is 4.34. The standard InChI is InChI=1S/C18H18N2O3S/c1-18(2)15(11-7-9-12(10-8-11)24(19,21)22)16(18)17-20-13-5-3-4-6-14(13)23-17/h3-10,15-16H,1-2H3,(H2,19,21,22)/t15-,16+/m1/s1. The number of benzene rings is 2. The van der Waals surface area contributed by atoms with E-state index < -0.39 is 10.0 Å². The average molecular weight is 342 g/mol. The topological polar surface area (TPSA) is 86.2 Å². The minimum absolute atomic E-state index is 0.00395. The molecule has 3 aromatic rings. The van der Waals surface area contributed by atoms with E-state index in [4.69, 9.17) is 9.56 Å². The maximum atomic E-state index is 11.4. The molecule has 24 heavy (non-hydrogen) atoms. The van der Waals surface area contributed by atoms with Gasteiger partial charge in [0.15, 0.2) is 11.5 Å². The molecule has 1 fully saturated rings. The van der Waals surface area contributed by atoms with Crippen LogP contribution in [-0.2, 0) is 10.0 Å². The van der Waals surface area contributed by atoms with Crippen LogP contribution in [0.2, 0.25) is 0 Å². The van der Waals surface area contributed by atoms with Crippen molar-refractivity contribution in [1.82, 2.24) is 4.98 Å². The first kappa shape index (κ1) is 15.4. The number of hydrogen-bond acceptors (Lipinski definition) is 4. The number of nitrogens with two attached hydrogens (primary N) is 1. The molecule has 0 spiro atoms. The third-order valence-corrected chi connectivity index (χ3v) is 5.90. The third kappa shape index (κ3) is 2.34. The van der Waals surface area contributed by atoms with Gasteiger partial charge in [-0.15, -0.1) is 0 Å². The van der Waals surface area contributed by atoms with Crippen LogP contribution in [0.1, 0.15) is 37.1 Å². The number of primary sulfonamides is 1. The fourth-order valence-electron chi connectivity index (χ4n) is 3.61. The highest BCUT2D eigenvalue weighted by Gasteiger charge is 2.61. The van der Waals surface area contributed by atoms with Gasteiger partial charge in [-0.05, 0) is 35.2 Å². The normalized spacial score (nSPS) is 22.6. The van der Waals surface area contributed by atoms with Crippen LogP contribution in [0.4, 0.5) is 0 Å². The largest absolute Gasteiger partial charge is 0.440 e. The quantitative estimate of drug-likeness (QED) is 0.790. The Labute approximate surface area is 140 Å². The van der Waals surface area contributed by atoms with Crippen molar-refractivity contribution in [2.24, 2.45) is 10.6 Å². The maximum Gasteiger partial charge on any atom is 0.238 e. The van der Waals surface area contributed by atoms with Crippen LogP contribution in [0.15, 0.2) is 57.8 Å². The van der Waals surface area contributed by atoms with Crippen molar-refractivity contribution in [3.63, 3.8) is 0 Å². The lowest BCUT2D eigenvalue weighted by atomic mass is 10.0. The zero-order chi connectivity index (χ0) is 17.1. The molecule has 1 saturated carbocycles. The van der Waals surface area contributed by atoms with Crippen LogP contribution in [0, 0.1) is 5.41 Å². The molecule has 4 rings (SSSR count). The number of oxazole rings is 1. The predicted molar refractivity (Wildman–Crippen MR) is 91.1 cm³/mol. The first-order valence-electron chi connectivity index (χ1n) is 7.77. The van der Waals surface area contributed by atoms with Crippen LogP contribution in [0.25, 0.3) is 11.1 Å². The molecule has 2 aromatic carbocycles. The Morgan fingerprint density at radius 2 is 1.71 bits per heavy atom. The van der Waals surface area contributed by atoms with E-state index in [1.165, 1.54) is 0 Å². The summed E-state index contributed by atoms with van der Waals surface area (Å²) in [4.78, 5) is 4.75. The van der Waals surface area contributed by atoms with Crippen molar-refractivity contribution in [2.45, 2.75) is 30.6 Å². The molecule has 1 aromatic heterocycles. The second-order valence-electron chi connectivity index (χ2n) is 6.91. The lowest BCUT2D eigenvalue weighted by Crippen LogP contribution is -2.11. The van der Waals surface area contributed by atoms with E-state index in [1.807, 2.05) is 36.4 Å². The summed E-state index contributed by atoms with van der Waals surface area (Å²) in [5.74, 6) is 1.15. The molecule has 124 valence electrons. The Morgan fingerprint density at radius 1 is 1.04 bits per heavy atom. The molecule has 2 atom stereocenters. The van der Waals surface area contributed by atoms with Gasteiger partial charge in [-0.1, -0.05) is 38.1 Å². The number of sulfonamides is 1. The maximum absolute atomic E-state index is 11.4. The Morgan fingerprint density at radius 3 is 2.33 bits per heavy atom. The minimum atomic E-state index is -3.67. The summed E-state index contributed by atoms with van der Waals surface area (Å²) < 4.78 is 28.7. The third-order valence-electron chi connectivity index (χ3n) is 4.97. The van der Waals surface area contributed by atoms with E-state index in [0.29, 0.717) is 0 Å². The number of fused-ring (bicyclic) bond motifs is 1. The van der Waals surface area contributed by atoms with Crippen LogP contribution in [-0.4, -0.2) is 13.4 Å². The van der Waals surface area contributed by atoms with E-state index in [1.54, 1.807) is 12.1 Å². The van der Waals surface area contributed by atoms with Gasteiger partial charge in [0.25, 0.3) is 0 Å². The molecular weight excluding hydrogens is 324 g/mol. The van der Waals surface area contributed by atoms with Gasteiger partial charge in [0.2, 0.25) is 10.0 Å². The summed E-state index contributed by atoms with van der Waals surface area (Å²) in [7, 11) is -3.67. The molecule has 0 bridgehead atoms. The number of hydrogen-bond donors (Lipinski definition) is 1. The smallest absolute Gasteiger partial charge is 0.238 e. The molecular formula is C18H18N2O3S. The van der Waals surface area contributed by atoms with Gasteiger partial charge in [0, 0.05) is 11.8 Å². The molecule has 1 aliphatic rings. The van der Waals surface area contributed by atoms with Gasteiger partial charge in [-0.3, -0.25) is 0 Å². The van der Waals surface area contributed by atoms with Crippen LogP contribution >= 0.6 is 0 Å². The minimum Gasteiger partial charge on any atom is -0.440 e. The molecule has 0 radical (unpaired) electrons. The monoisotopic (exact) mass is 342 g/mol. The fraction of sp³-hybridized carbons (Fsp3) is 0.278. The number of nitrogens with zero attached hydrogens (tertiary/aromatic N) is 1. The lowest BCUT2D eigenvalue weighted by Gasteiger charge is -2.04. The van der Waals surface area contributed by atoms with Gasteiger partial charge in [-0.25, -0.2) is 18.5 Å². The predicted octanol–water partition coefficient (Wildman–Crippen LogP) is 3.38. The van der Waals surface area contributed by atoms with Crippen molar-refractivity contribution in [3.8, 4) is 0 Å². The summed E-state index contributed by atoms with van der Waals surface area (Å²) >= 11 is 0. The highest BCUT2D eigenvalue weighted by molar-refractivity contribution is 7.89. The van der Waals surface area contributed by atoms with Gasteiger partial charge in [0.1, 0.15) is 5.52 Å². The molecule has 2 N–H and O–H groups in total. The molecule has 1 aliphatic carbocycles. The Balaban J connectivity index is 1.69. The SMILES string of the molecule is CC1(C)[C@H](c2ccc(S(N)(=O)=O)cc2)[C@H]1c1nc2ccccc2o1. The Hall–Kier alpha value is -2.18. The Kier molecular flexibility index (Phi) is 3.14.